The number of β-amino-alcohol motifs (C(OH)–C–C–N with tert-alkyl or cyclic N) is 1. The highest BCUT2D eigenvalue weighted by Crippen LogP contribution is 2.37. The fourth-order valence-corrected chi connectivity index (χ4v) is 2.99. The van der Waals surface area contributed by atoms with Gasteiger partial charge in [0.1, 0.15) is 0 Å². The number of carboxylic acid groups (broad SMARTS) is 1. The van der Waals surface area contributed by atoms with E-state index in [0.717, 1.165) is 5.57 Å². The second-order valence-corrected chi connectivity index (χ2v) is 11.8. The van der Waals surface area contributed by atoms with Gasteiger partial charge in [-0.1, -0.05) is 26.8 Å². The van der Waals surface area contributed by atoms with Crippen LogP contribution in [0.1, 0.15) is 27.7 Å². The molecule has 1 heterocycles. The molecule has 0 aromatic rings. The fourth-order valence-electron chi connectivity index (χ4n) is 1.98. The van der Waals surface area contributed by atoms with Gasteiger partial charge in [0.05, 0.1) is 25.3 Å². The summed E-state index contributed by atoms with van der Waals surface area (Å²) < 4.78 is 6.13. The average Bonchev–Trinajstić information content (AvgIpc) is 2.24. The van der Waals surface area contributed by atoms with Gasteiger partial charge in [0.25, 0.3) is 0 Å². The molecule has 0 bridgehead atoms. The highest BCUT2D eigenvalue weighted by atomic mass is 28.4. The SMILES string of the molecule is CC1=C[C@H](O)CN(C(=O)O)[C@@H]1CO[Si](C)(C)C(C)(C)C. The molecule has 2 atom stereocenters. The first kappa shape index (κ1) is 17.2. The average molecular weight is 301 g/mol. The van der Waals surface area contributed by atoms with Crippen LogP contribution in [0.15, 0.2) is 11.6 Å². The van der Waals surface area contributed by atoms with Gasteiger partial charge in [-0.25, -0.2) is 4.79 Å². The van der Waals surface area contributed by atoms with Crippen LogP contribution in [-0.4, -0.2) is 54.8 Å². The topological polar surface area (TPSA) is 70.0 Å². The van der Waals surface area contributed by atoms with Gasteiger partial charge in [-0.15, -0.1) is 0 Å². The highest BCUT2D eigenvalue weighted by Gasteiger charge is 2.39. The number of amides is 1. The Hall–Kier alpha value is -0.853. The normalized spacial score (nSPS) is 24.6. The van der Waals surface area contributed by atoms with Crippen LogP contribution in [0, 0.1) is 0 Å². The van der Waals surface area contributed by atoms with Gasteiger partial charge in [-0.3, -0.25) is 4.90 Å². The molecule has 0 spiro atoms. The third-order valence-corrected chi connectivity index (χ3v) is 8.90. The van der Waals surface area contributed by atoms with Gasteiger partial charge in [0, 0.05) is 0 Å². The lowest BCUT2D eigenvalue weighted by molar-refractivity contribution is 0.0734. The maximum absolute atomic E-state index is 11.3. The van der Waals surface area contributed by atoms with E-state index in [9.17, 15) is 15.0 Å². The van der Waals surface area contributed by atoms with E-state index >= 15 is 0 Å². The van der Waals surface area contributed by atoms with E-state index in [4.69, 9.17) is 4.43 Å². The number of rotatable bonds is 3. The van der Waals surface area contributed by atoms with Crippen LogP contribution in [0.4, 0.5) is 4.79 Å². The predicted octanol–water partition coefficient (Wildman–Crippen LogP) is 2.68. The molecule has 1 amide bonds. The van der Waals surface area contributed by atoms with Crippen LogP contribution in [0.5, 0.6) is 0 Å². The zero-order valence-electron chi connectivity index (χ0n) is 13.3. The Bertz CT molecular complexity index is 400. The molecule has 5 nitrogen and oxygen atoms in total. The molecule has 1 aliphatic heterocycles. The molecule has 0 radical (unpaired) electrons. The van der Waals surface area contributed by atoms with Gasteiger partial charge in [-0.2, -0.15) is 0 Å². The van der Waals surface area contributed by atoms with E-state index in [2.05, 4.69) is 33.9 Å². The van der Waals surface area contributed by atoms with Crippen LogP contribution >= 0.6 is 0 Å². The second kappa shape index (κ2) is 5.87. The Morgan fingerprint density at radius 2 is 2.05 bits per heavy atom. The number of carbonyl (C=O) groups is 1. The van der Waals surface area contributed by atoms with Crippen molar-refractivity contribution in [3.63, 3.8) is 0 Å². The van der Waals surface area contributed by atoms with E-state index in [1.54, 1.807) is 6.08 Å². The van der Waals surface area contributed by atoms with Crippen molar-refractivity contribution in [1.29, 1.82) is 0 Å². The van der Waals surface area contributed by atoms with Crippen LogP contribution < -0.4 is 0 Å². The molecule has 2 N–H and O–H groups in total. The lowest BCUT2D eigenvalue weighted by Gasteiger charge is -2.40. The van der Waals surface area contributed by atoms with Gasteiger partial charge in [0.15, 0.2) is 8.32 Å². The van der Waals surface area contributed by atoms with Gasteiger partial charge in [-0.05, 0) is 30.6 Å². The molecule has 0 aromatic heterocycles. The third kappa shape index (κ3) is 3.83. The Morgan fingerprint density at radius 1 is 1.50 bits per heavy atom. The van der Waals surface area contributed by atoms with E-state index in [1.807, 2.05) is 6.92 Å². The smallest absolute Gasteiger partial charge is 0.407 e. The Kier molecular flexibility index (Phi) is 5.05. The van der Waals surface area contributed by atoms with Gasteiger partial charge in [0.2, 0.25) is 0 Å². The molecule has 6 heteroatoms. The van der Waals surface area contributed by atoms with Crippen molar-refractivity contribution in [2.75, 3.05) is 13.2 Å². The molecule has 116 valence electrons. The van der Waals surface area contributed by atoms with Gasteiger partial charge >= 0.3 is 6.09 Å². The van der Waals surface area contributed by atoms with Crippen molar-refractivity contribution in [3.05, 3.63) is 11.6 Å². The molecule has 0 saturated heterocycles. The number of aliphatic hydroxyl groups excluding tert-OH is 1. The molecule has 1 aliphatic rings. The molecule has 0 fully saturated rings. The maximum atomic E-state index is 11.3. The van der Waals surface area contributed by atoms with Gasteiger partial charge < -0.3 is 14.6 Å². The second-order valence-electron chi connectivity index (χ2n) is 7.00. The largest absolute Gasteiger partial charge is 0.465 e. The first-order chi connectivity index (χ1) is 8.95. The van der Waals surface area contributed by atoms with E-state index in [-0.39, 0.29) is 17.6 Å². The quantitative estimate of drug-likeness (QED) is 0.621. The molecule has 0 aliphatic carbocycles. The Labute approximate surface area is 122 Å². The fraction of sp³-hybridized carbons (Fsp3) is 0.786. The molecule has 20 heavy (non-hydrogen) atoms. The lowest BCUT2D eigenvalue weighted by Crippen LogP contribution is -2.52. The summed E-state index contributed by atoms with van der Waals surface area (Å²) in [6.45, 7) is 13.1. The molecule has 0 unspecified atom stereocenters. The first-order valence-electron chi connectivity index (χ1n) is 6.95. The predicted molar refractivity (Wildman–Crippen MR) is 81.4 cm³/mol. The summed E-state index contributed by atoms with van der Waals surface area (Å²) in [6.07, 6.45) is -0.0189. The molecular formula is C14H27NO4Si. The van der Waals surface area contributed by atoms with E-state index in [0.29, 0.717) is 6.61 Å². The Morgan fingerprint density at radius 3 is 2.50 bits per heavy atom. The summed E-state index contributed by atoms with van der Waals surface area (Å²) in [5, 5.41) is 19.0. The molecule has 0 saturated carbocycles. The highest BCUT2D eigenvalue weighted by molar-refractivity contribution is 6.74. The van der Waals surface area contributed by atoms with Crippen molar-refractivity contribution in [2.24, 2.45) is 0 Å². The van der Waals surface area contributed by atoms with Crippen LogP contribution in [-0.2, 0) is 4.43 Å². The van der Waals surface area contributed by atoms with Crippen molar-refractivity contribution in [2.45, 2.75) is 58.0 Å². The zero-order chi connectivity index (χ0) is 15.7. The summed E-state index contributed by atoms with van der Waals surface area (Å²) in [4.78, 5) is 12.6. The van der Waals surface area contributed by atoms with Crippen LogP contribution in [0.2, 0.25) is 18.1 Å². The van der Waals surface area contributed by atoms with Crippen molar-refractivity contribution in [1.82, 2.24) is 4.90 Å². The zero-order valence-corrected chi connectivity index (χ0v) is 14.3. The monoisotopic (exact) mass is 301 g/mol. The standard InChI is InChI=1S/C14H27NO4Si/c1-10-7-11(16)8-15(13(17)18)12(10)9-19-20(5,6)14(2,3)4/h7,11-12,16H,8-9H2,1-6H3,(H,17,18)/t11-,12+/m0/s1. The molecular weight excluding hydrogens is 274 g/mol. The summed E-state index contributed by atoms with van der Waals surface area (Å²) >= 11 is 0. The van der Waals surface area contributed by atoms with E-state index < -0.39 is 20.5 Å². The molecule has 0 aromatic carbocycles. The minimum Gasteiger partial charge on any atom is -0.465 e. The van der Waals surface area contributed by atoms with Crippen molar-refractivity contribution < 1.29 is 19.4 Å². The van der Waals surface area contributed by atoms with Crippen molar-refractivity contribution in [3.8, 4) is 0 Å². The minimum atomic E-state index is -1.91. The Balaban J connectivity index is 2.83. The van der Waals surface area contributed by atoms with E-state index in [1.165, 1.54) is 4.90 Å². The third-order valence-electron chi connectivity index (χ3n) is 4.39. The number of hydrogen-bond donors (Lipinski definition) is 2. The number of nitrogens with zero attached hydrogens (tertiary/aromatic N) is 1. The van der Waals surface area contributed by atoms with Crippen molar-refractivity contribution >= 4 is 14.4 Å². The maximum Gasteiger partial charge on any atom is 0.407 e. The van der Waals surface area contributed by atoms with Crippen LogP contribution in [0.25, 0.3) is 0 Å². The lowest BCUT2D eigenvalue weighted by atomic mass is 10.0. The summed E-state index contributed by atoms with van der Waals surface area (Å²) in [5.74, 6) is 0. The molecule has 1 rings (SSSR count). The van der Waals surface area contributed by atoms with Crippen LogP contribution in [0.3, 0.4) is 0 Å². The summed E-state index contributed by atoms with van der Waals surface area (Å²) in [6, 6.07) is -0.301. The number of hydrogen-bond acceptors (Lipinski definition) is 3. The minimum absolute atomic E-state index is 0.0901. The summed E-state index contributed by atoms with van der Waals surface area (Å²) in [7, 11) is -1.91. The first-order valence-corrected chi connectivity index (χ1v) is 9.86. The number of aliphatic hydroxyl groups is 1. The summed E-state index contributed by atoms with van der Waals surface area (Å²) in [5.41, 5.74) is 0.852.